The second kappa shape index (κ2) is 5.08. The van der Waals surface area contributed by atoms with Crippen LogP contribution in [-0.2, 0) is 0 Å². The van der Waals surface area contributed by atoms with Crippen molar-refractivity contribution in [3.05, 3.63) is 32.1 Å². The van der Waals surface area contributed by atoms with Crippen LogP contribution in [0.4, 0.5) is 0 Å². The van der Waals surface area contributed by atoms with Gasteiger partial charge in [-0.05, 0) is 31.6 Å². The molecule has 1 N–H and O–H groups in total. The molecule has 1 heterocycles. The third-order valence-corrected chi connectivity index (χ3v) is 3.90. The highest BCUT2D eigenvalue weighted by Gasteiger charge is 2.23. The molecule has 5 heteroatoms. The van der Waals surface area contributed by atoms with Crippen LogP contribution >= 0.6 is 11.6 Å². The van der Waals surface area contributed by atoms with Gasteiger partial charge in [-0.1, -0.05) is 24.9 Å². The largest absolute Gasteiger partial charge is 0.329 e. The molecule has 0 spiro atoms. The van der Waals surface area contributed by atoms with E-state index in [4.69, 9.17) is 11.6 Å². The molecule has 0 radical (unpaired) electrons. The minimum atomic E-state index is -0.387. The minimum Gasteiger partial charge on any atom is -0.298 e. The quantitative estimate of drug-likeness (QED) is 0.826. The predicted molar refractivity (Wildman–Crippen MR) is 67.6 cm³/mol. The van der Waals surface area contributed by atoms with Gasteiger partial charge in [-0.2, -0.15) is 0 Å². The van der Waals surface area contributed by atoms with Crippen LogP contribution in [-0.4, -0.2) is 9.55 Å². The number of halogens is 1. The van der Waals surface area contributed by atoms with Crippen LogP contribution in [0.15, 0.2) is 15.7 Å². The Bertz CT molecular complexity index is 467. The Hall–Kier alpha value is -1.03. The Kier molecular flexibility index (Phi) is 3.72. The van der Waals surface area contributed by atoms with Gasteiger partial charge in [0.2, 0.25) is 0 Å². The molecular formula is C12H17ClN2O2. The van der Waals surface area contributed by atoms with Gasteiger partial charge in [-0.15, -0.1) is 0 Å². The predicted octanol–water partition coefficient (Wildman–Crippen LogP) is 2.33. The van der Waals surface area contributed by atoms with Crippen molar-refractivity contribution in [1.29, 1.82) is 0 Å². The zero-order chi connectivity index (χ0) is 12.4. The van der Waals surface area contributed by atoms with E-state index >= 15 is 0 Å². The highest BCUT2D eigenvalue weighted by Crippen LogP contribution is 2.32. The van der Waals surface area contributed by atoms with Crippen molar-refractivity contribution < 1.29 is 0 Å². The van der Waals surface area contributed by atoms with Crippen LogP contribution in [0.5, 0.6) is 0 Å². The first-order chi connectivity index (χ1) is 8.11. The maximum Gasteiger partial charge on any atom is 0.329 e. The van der Waals surface area contributed by atoms with Gasteiger partial charge >= 0.3 is 5.69 Å². The van der Waals surface area contributed by atoms with Gasteiger partial charge in [0, 0.05) is 12.1 Å². The summed E-state index contributed by atoms with van der Waals surface area (Å²) in [6, 6.07) is 1.31. The molecule has 0 aliphatic heterocycles. The molecule has 0 atom stereocenters. The molecule has 0 unspecified atom stereocenters. The number of H-pyrrole nitrogens is 1. The van der Waals surface area contributed by atoms with Gasteiger partial charge in [-0.25, -0.2) is 4.79 Å². The van der Waals surface area contributed by atoms with Gasteiger partial charge in [0.15, 0.2) is 0 Å². The van der Waals surface area contributed by atoms with E-state index in [1.165, 1.54) is 17.1 Å². The SMILES string of the molecule is CCC1CCC(n2c(=O)cc(Cl)[nH]c2=O)CC1. The highest BCUT2D eigenvalue weighted by molar-refractivity contribution is 6.29. The van der Waals surface area contributed by atoms with Crippen molar-refractivity contribution >= 4 is 11.6 Å². The van der Waals surface area contributed by atoms with E-state index in [0.29, 0.717) is 0 Å². The van der Waals surface area contributed by atoms with Gasteiger partial charge in [0.05, 0.1) is 0 Å². The van der Waals surface area contributed by atoms with Gasteiger partial charge in [0.1, 0.15) is 5.15 Å². The fraction of sp³-hybridized carbons (Fsp3) is 0.667. The third-order valence-electron chi connectivity index (χ3n) is 3.69. The number of hydrogen-bond donors (Lipinski definition) is 1. The summed E-state index contributed by atoms with van der Waals surface area (Å²) >= 11 is 5.64. The summed E-state index contributed by atoms with van der Waals surface area (Å²) in [7, 11) is 0. The zero-order valence-corrected chi connectivity index (χ0v) is 10.7. The molecule has 1 saturated carbocycles. The summed E-state index contributed by atoms with van der Waals surface area (Å²) in [6.45, 7) is 2.19. The van der Waals surface area contributed by atoms with Gasteiger partial charge < -0.3 is 0 Å². The van der Waals surface area contributed by atoms with E-state index in [-0.39, 0.29) is 22.4 Å². The van der Waals surface area contributed by atoms with Crippen LogP contribution in [0.1, 0.15) is 45.1 Å². The van der Waals surface area contributed by atoms with Crippen molar-refractivity contribution in [2.24, 2.45) is 5.92 Å². The number of nitrogens with one attached hydrogen (secondary N) is 1. The lowest BCUT2D eigenvalue weighted by Crippen LogP contribution is -2.38. The molecule has 1 aromatic rings. The summed E-state index contributed by atoms with van der Waals surface area (Å²) in [5.74, 6) is 0.744. The number of aromatic amines is 1. The molecule has 17 heavy (non-hydrogen) atoms. The maximum absolute atomic E-state index is 11.8. The Morgan fingerprint density at radius 1 is 1.35 bits per heavy atom. The molecule has 0 saturated heterocycles. The Morgan fingerprint density at radius 3 is 2.53 bits per heavy atom. The maximum atomic E-state index is 11.8. The highest BCUT2D eigenvalue weighted by atomic mass is 35.5. The number of nitrogens with zero attached hydrogens (tertiary/aromatic N) is 1. The molecule has 1 aliphatic rings. The van der Waals surface area contributed by atoms with Crippen LogP contribution in [0.25, 0.3) is 0 Å². The van der Waals surface area contributed by atoms with E-state index in [2.05, 4.69) is 11.9 Å². The van der Waals surface area contributed by atoms with Crippen LogP contribution in [0.2, 0.25) is 5.15 Å². The molecule has 0 bridgehead atoms. The molecule has 4 nitrogen and oxygen atoms in total. The molecule has 2 rings (SSSR count). The normalized spacial score (nSPS) is 24.8. The topological polar surface area (TPSA) is 54.9 Å². The average molecular weight is 257 g/mol. The van der Waals surface area contributed by atoms with Crippen LogP contribution < -0.4 is 11.2 Å². The summed E-state index contributed by atoms with van der Waals surface area (Å²) in [5, 5.41) is 0.110. The first-order valence-corrected chi connectivity index (χ1v) is 6.51. The van der Waals surface area contributed by atoms with E-state index in [1.54, 1.807) is 0 Å². The van der Waals surface area contributed by atoms with Crippen LogP contribution in [0.3, 0.4) is 0 Å². The van der Waals surface area contributed by atoms with E-state index in [0.717, 1.165) is 31.6 Å². The van der Waals surface area contributed by atoms with Crippen LogP contribution in [0, 0.1) is 5.92 Å². The second-order valence-electron chi connectivity index (χ2n) is 4.71. The number of aromatic nitrogens is 2. The summed E-state index contributed by atoms with van der Waals surface area (Å²) in [6.07, 6.45) is 5.18. The summed E-state index contributed by atoms with van der Waals surface area (Å²) in [5.41, 5.74) is -0.679. The monoisotopic (exact) mass is 256 g/mol. The molecule has 0 aromatic carbocycles. The smallest absolute Gasteiger partial charge is 0.298 e. The summed E-state index contributed by atoms with van der Waals surface area (Å²) in [4.78, 5) is 26.0. The fourth-order valence-electron chi connectivity index (χ4n) is 2.63. The molecule has 1 aromatic heterocycles. The molecular weight excluding hydrogens is 240 g/mol. The van der Waals surface area contributed by atoms with Crippen molar-refractivity contribution in [2.45, 2.75) is 45.1 Å². The lowest BCUT2D eigenvalue weighted by molar-refractivity contribution is 0.260. The lowest BCUT2D eigenvalue weighted by atomic mass is 9.84. The second-order valence-corrected chi connectivity index (χ2v) is 5.12. The van der Waals surface area contributed by atoms with Crippen molar-refractivity contribution in [1.82, 2.24) is 9.55 Å². The van der Waals surface area contributed by atoms with E-state index < -0.39 is 0 Å². The van der Waals surface area contributed by atoms with Crippen molar-refractivity contribution in [2.75, 3.05) is 0 Å². The van der Waals surface area contributed by atoms with Gasteiger partial charge in [-0.3, -0.25) is 14.3 Å². The first kappa shape index (κ1) is 12.4. The molecule has 1 fully saturated rings. The lowest BCUT2D eigenvalue weighted by Gasteiger charge is -2.28. The fourth-order valence-corrected chi connectivity index (χ4v) is 2.81. The number of hydrogen-bond acceptors (Lipinski definition) is 2. The Labute approximate surface area is 105 Å². The Morgan fingerprint density at radius 2 is 2.00 bits per heavy atom. The molecule has 94 valence electrons. The average Bonchev–Trinajstić information content (AvgIpc) is 2.28. The van der Waals surface area contributed by atoms with E-state index in [1.807, 2.05) is 0 Å². The number of rotatable bonds is 2. The van der Waals surface area contributed by atoms with Crippen molar-refractivity contribution in [3.8, 4) is 0 Å². The first-order valence-electron chi connectivity index (χ1n) is 6.13. The van der Waals surface area contributed by atoms with E-state index in [9.17, 15) is 9.59 Å². The van der Waals surface area contributed by atoms with Crippen molar-refractivity contribution in [3.63, 3.8) is 0 Å². The Balaban J connectivity index is 2.25. The standard InChI is InChI=1S/C12H17ClN2O2/c1-2-8-3-5-9(6-4-8)15-11(16)7-10(13)14-12(15)17/h7-9H,2-6H2,1H3,(H,14,17). The molecule has 1 aliphatic carbocycles. The summed E-state index contributed by atoms with van der Waals surface area (Å²) < 4.78 is 1.32. The molecule has 0 amide bonds. The zero-order valence-electron chi connectivity index (χ0n) is 9.91. The van der Waals surface area contributed by atoms with Gasteiger partial charge in [0.25, 0.3) is 5.56 Å². The minimum absolute atomic E-state index is 0.0336. The third kappa shape index (κ3) is 2.63.